The molecule has 7 nitrogen and oxygen atoms in total. The van der Waals surface area contributed by atoms with E-state index in [0.29, 0.717) is 19.0 Å². The molecular weight excluding hydrogens is 378 g/mol. The second kappa shape index (κ2) is 7.51. The lowest BCUT2D eigenvalue weighted by atomic mass is 9.99. The number of urea groups is 1. The fourth-order valence-electron chi connectivity index (χ4n) is 3.82. The Labute approximate surface area is 173 Å². The van der Waals surface area contributed by atoms with E-state index in [-0.39, 0.29) is 6.03 Å². The summed E-state index contributed by atoms with van der Waals surface area (Å²) in [7, 11) is 0. The number of fused-ring (bicyclic) bond motifs is 1. The van der Waals surface area contributed by atoms with Crippen LogP contribution in [0.3, 0.4) is 0 Å². The zero-order valence-corrected chi connectivity index (χ0v) is 16.6. The lowest BCUT2D eigenvalue weighted by Gasteiger charge is -2.27. The molecule has 1 aliphatic rings. The lowest BCUT2D eigenvalue weighted by Crippen LogP contribution is -2.38. The molecule has 0 radical (unpaired) electrons. The maximum atomic E-state index is 12.9. The van der Waals surface area contributed by atoms with Crippen LogP contribution in [0, 0.1) is 6.92 Å². The van der Waals surface area contributed by atoms with Crippen LogP contribution in [0.2, 0.25) is 0 Å². The molecule has 1 aliphatic heterocycles. The second-order valence-electron chi connectivity index (χ2n) is 7.38. The maximum absolute atomic E-state index is 12.9. The van der Waals surface area contributed by atoms with Crippen molar-refractivity contribution in [2.24, 2.45) is 0 Å². The predicted molar refractivity (Wildman–Crippen MR) is 116 cm³/mol. The molecule has 2 aromatic heterocycles. The molecule has 2 N–H and O–H groups in total. The number of aromatic amines is 1. The van der Waals surface area contributed by atoms with Gasteiger partial charge in [0, 0.05) is 47.0 Å². The van der Waals surface area contributed by atoms with E-state index in [2.05, 4.69) is 44.9 Å². The van der Waals surface area contributed by atoms with Crippen molar-refractivity contribution < 1.29 is 9.21 Å². The van der Waals surface area contributed by atoms with E-state index in [1.807, 2.05) is 42.2 Å². The molecule has 30 heavy (non-hydrogen) atoms. The van der Waals surface area contributed by atoms with Gasteiger partial charge in [-0.2, -0.15) is 0 Å². The third-order valence-corrected chi connectivity index (χ3v) is 5.52. The standard InChI is InChI=1S/C23H21N5O2/c1-15-6-7-17(22-27-25-14-30-22)12-21(15)26-23(29)28-10-8-16(9-11-28)19-13-24-20-5-3-2-4-18(19)20/h2-8,12-14,24H,9-11H2,1H3,(H,26,29). The van der Waals surface area contributed by atoms with E-state index >= 15 is 0 Å². The van der Waals surface area contributed by atoms with Gasteiger partial charge < -0.3 is 19.6 Å². The number of para-hydroxylation sites is 1. The van der Waals surface area contributed by atoms with E-state index in [9.17, 15) is 4.79 Å². The average Bonchev–Trinajstić information content (AvgIpc) is 3.46. The first kappa shape index (κ1) is 18.2. The second-order valence-corrected chi connectivity index (χ2v) is 7.38. The normalized spacial score (nSPS) is 14.0. The number of carbonyl (C=O) groups is 1. The number of hydrogen-bond donors (Lipinski definition) is 2. The number of anilines is 1. The fraction of sp³-hybridized carbons (Fsp3) is 0.174. The van der Waals surface area contributed by atoms with Crippen molar-refractivity contribution >= 4 is 28.2 Å². The van der Waals surface area contributed by atoms with Gasteiger partial charge in [-0.3, -0.25) is 0 Å². The van der Waals surface area contributed by atoms with Gasteiger partial charge in [-0.25, -0.2) is 4.79 Å². The number of rotatable bonds is 3. The van der Waals surface area contributed by atoms with Gasteiger partial charge in [0.2, 0.25) is 12.3 Å². The number of H-pyrrole nitrogens is 1. The van der Waals surface area contributed by atoms with Crippen molar-refractivity contribution in [1.82, 2.24) is 20.1 Å². The molecule has 0 bridgehead atoms. The van der Waals surface area contributed by atoms with Crippen LogP contribution in [0.5, 0.6) is 0 Å². The highest BCUT2D eigenvalue weighted by Crippen LogP contribution is 2.30. The van der Waals surface area contributed by atoms with Crippen molar-refractivity contribution in [3.63, 3.8) is 0 Å². The number of hydrogen-bond acceptors (Lipinski definition) is 4. The molecule has 7 heteroatoms. The third kappa shape index (κ3) is 3.34. The van der Waals surface area contributed by atoms with Gasteiger partial charge in [0.1, 0.15) is 0 Å². The first-order valence-corrected chi connectivity index (χ1v) is 9.88. The van der Waals surface area contributed by atoms with Crippen LogP contribution < -0.4 is 5.32 Å². The Morgan fingerprint density at radius 3 is 2.93 bits per heavy atom. The highest BCUT2D eigenvalue weighted by Gasteiger charge is 2.20. The summed E-state index contributed by atoms with van der Waals surface area (Å²) in [5.74, 6) is 0.426. The zero-order valence-electron chi connectivity index (χ0n) is 16.6. The van der Waals surface area contributed by atoms with Crippen LogP contribution in [-0.2, 0) is 0 Å². The van der Waals surface area contributed by atoms with Crippen molar-refractivity contribution in [2.45, 2.75) is 13.3 Å². The quantitative estimate of drug-likeness (QED) is 0.516. The third-order valence-electron chi connectivity index (χ3n) is 5.52. The van der Waals surface area contributed by atoms with Gasteiger partial charge in [-0.15, -0.1) is 10.2 Å². The maximum Gasteiger partial charge on any atom is 0.322 e. The van der Waals surface area contributed by atoms with Crippen LogP contribution >= 0.6 is 0 Å². The molecule has 150 valence electrons. The Morgan fingerprint density at radius 1 is 1.23 bits per heavy atom. The minimum absolute atomic E-state index is 0.116. The Bertz CT molecular complexity index is 1240. The van der Waals surface area contributed by atoms with Gasteiger partial charge in [0.05, 0.1) is 0 Å². The number of benzene rings is 2. The summed E-state index contributed by atoms with van der Waals surface area (Å²) in [6.07, 6.45) is 6.30. The number of nitrogens with one attached hydrogen (secondary N) is 2. The summed E-state index contributed by atoms with van der Waals surface area (Å²) in [6.45, 7) is 3.20. The van der Waals surface area contributed by atoms with Crippen LogP contribution in [-0.4, -0.2) is 39.2 Å². The Balaban J connectivity index is 1.31. The molecule has 4 aromatic rings. The molecule has 0 aliphatic carbocycles. The van der Waals surface area contributed by atoms with Crippen LogP contribution in [0.4, 0.5) is 10.5 Å². The first-order chi connectivity index (χ1) is 14.7. The number of amides is 2. The van der Waals surface area contributed by atoms with Crippen LogP contribution in [0.25, 0.3) is 27.9 Å². The Hall–Kier alpha value is -3.87. The average molecular weight is 399 g/mol. The number of aromatic nitrogens is 3. The molecule has 0 saturated heterocycles. The molecule has 3 heterocycles. The first-order valence-electron chi connectivity index (χ1n) is 9.88. The molecule has 0 fully saturated rings. The van der Waals surface area contributed by atoms with Crippen LogP contribution in [0.1, 0.15) is 17.5 Å². The highest BCUT2D eigenvalue weighted by atomic mass is 16.4. The molecular formula is C23H21N5O2. The van der Waals surface area contributed by atoms with Gasteiger partial charge >= 0.3 is 6.03 Å². The van der Waals surface area contributed by atoms with Crippen molar-refractivity contribution in [3.05, 3.63) is 72.3 Å². The number of aryl methyl sites for hydroxylation is 1. The molecule has 0 saturated carbocycles. The number of nitrogens with zero attached hydrogens (tertiary/aromatic N) is 3. The minimum Gasteiger partial charge on any atom is -0.423 e. The van der Waals surface area contributed by atoms with Crippen molar-refractivity contribution in [2.75, 3.05) is 18.4 Å². The summed E-state index contributed by atoms with van der Waals surface area (Å²) in [6, 6.07) is 13.9. The molecule has 0 atom stereocenters. The lowest BCUT2D eigenvalue weighted by molar-refractivity contribution is 0.217. The molecule has 0 unspecified atom stereocenters. The minimum atomic E-state index is -0.116. The molecule has 0 spiro atoms. The van der Waals surface area contributed by atoms with Gasteiger partial charge in [-0.1, -0.05) is 30.3 Å². The van der Waals surface area contributed by atoms with Crippen LogP contribution in [0.15, 0.2) is 65.5 Å². The van der Waals surface area contributed by atoms with E-state index in [0.717, 1.165) is 28.8 Å². The summed E-state index contributed by atoms with van der Waals surface area (Å²) in [5, 5.41) is 11.9. The largest absolute Gasteiger partial charge is 0.423 e. The predicted octanol–water partition coefficient (Wildman–Crippen LogP) is 4.85. The van der Waals surface area contributed by atoms with E-state index in [1.54, 1.807) is 0 Å². The van der Waals surface area contributed by atoms with Crippen molar-refractivity contribution in [3.8, 4) is 11.5 Å². The molecule has 5 rings (SSSR count). The van der Waals surface area contributed by atoms with E-state index in [1.165, 1.54) is 22.9 Å². The number of carbonyl (C=O) groups excluding carboxylic acids is 1. The smallest absolute Gasteiger partial charge is 0.322 e. The Morgan fingerprint density at radius 2 is 2.13 bits per heavy atom. The zero-order chi connectivity index (χ0) is 20.5. The van der Waals surface area contributed by atoms with Gasteiger partial charge in [-0.05, 0) is 42.7 Å². The molecule has 2 amide bonds. The van der Waals surface area contributed by atoms with Crippen molar-refractivity contribution in [1.29, 1.82) is 0 Å². The topological polar surface area (TPSA) is 87.1 Å². The summed E-state index contributed by atoms with van der Waals surface area (Å²) >= 11 is 0. The summed E-state index contributed by atoms with van der Waals surface area (Å²) < 4.78 is 5.26. The van der Waals surface area contributed by atoms with Gasteiger partial charge in [0.25, 0.3) is 0 Å². The highest BCUT2D eigenvalue weighted by molar-refractivity contribution is 5.94. The monoisotopic (exact) mass is 399 g/mol. The van der Waals surface area contributed by atoms with E-state index in [4.69, 9.17) is 4.42 Å². The Kier molecular flexibility index (Phi) is 4.55. The fourth-order valence-corrected chi connectivity index (χ4v) is 3.82. The van der Waals surface area contributed by atoms with Gasteiger partial charge in [0.15, 0.2) is 0 Å². The summed E-state index contributed by atoms with van der Waals surface area (Å²) in [5.41, 5.74) is 6.10. The SMILES string of the molecule is Cc1ccc(-c2nnco2)cc1NC(=O)N1CC=C(c2c[nH]c3ccccc23)CC1. The van der Waals surface area contributed by atoms with E-state index < -0.39 is 0 Å². The molecule has 2 aromatic carbocycles. The summed E-state index contributed by atoms with van der Waals surface area (Å²) in [4.78, 5) is 18.0.